The third-order valence-corrected chi connectivity index (χ3v) is 3.54. The van der Waals surface area contributed by atoms with E-state index in [1.807, 2.05) is 6.07 Å². The molecule has 2 aliphatic rings. The Morgan fingerprint density at radius 1 is 1.29 bits per heavy atom. The molecule has 112 valence electrons. The fraction of sp³-hybridized carbons (Fsp3) is 0.429. The number of ether oxygens (including phenoxy) is 2. The van der Waals surface area contributed by atoms with Gasteiger partial charge in [-0.2, -0.15) is 0 Å². The third kappa shape index (κ3) is 3.18. The Kier molecular flexibility index (Phi) is 3.55. The lowest BCUT2D eigenvalue weighted by atomic mass is 10.2. The molecule has 1 unspecified atom stereocenters. The lowest BCUT2D eigenvalue weighted by Crippen LogP contribution is -2.46. The molecule has 3 rings (SSSR count). The number of hydrogen-bond acceptors (Lipinski definition) is 4. The SMILES string of the molecule is O=C(NCc1ccc2c(c1)OCO2)NC(C(=O)O)C1CC1. The van der Waals surface area contributed by atoms with Crippen molar-refractivity contribution in [3.05, 3.63) is 23.8 Å². The molecule has 1 fully saturated rings. The van der Waals surface area contributed by atoms with Gasteiger partial charge >= 0.3 is 12.0 Å². The average molecular weight is 292 g/mol. The number of nitrogens with one attached hydrogen (secondary N) is 2. The summed E-state index contributed by atoms with van der Waals surface area (Å²) in [5.41, 5.74) is 0.854. The van der Waals surface area contributed by atoms with Crippen LogP contribution in [0.25, 0.3) is 0 Å². The first-order chi connectivity index (χ1) is 10.1. The van der Waals surface area contributed by atoms with Gasteiger partial charge in [0.25, 0.3) is 0 Å². The Hall–Kier alpha value is -2.44. The van der Waals surface area contributed by atoms with Crippen LogP contribution in [0.15, 0.2) is 18.2 Å². The van der Waals surface area contributed by atoms with Gasteiger partial charge in [0, 0.05) is 6.54 Å². The number of carbonyl (C=O) groups is 2. The number of carbonyl (C=O) groups excluding carboxylic acids is 1. The molecule has 1 aromatic rings. The zero-order valence-corrected chi connectivity index (χ0v) is 11.3. The second-order valence-corrected chi connectivity index (χ2v) is 5.17. The third-order valence-electron chi connectivity index (χ3n) is 3.54. The summed E-state index contributed by atoms with van der Waals surface area (Å²) in [5.74, 6) is 0.397. The molecule has 0 radical (unpaired) electrons. The number of urea groups is 1. The number of rotatable bonds is 5. The number of carboxylic acid groups (broad SMARTS) is 1. The second-order valence-electron chi connectivity index (χ2n) is 5.17. The number of benzene rings is 1. The highest BCUT2D eigenvalue weighted by Crippen LogP contribution is 2.33. The van der Waals surface area contributed by atoms with Crippen LogP contribution in [0.3, 0.4) is 0 Å². The Balaban J connectivity index is 1.52. The van der Waals surface area contributed by atoms with Crippen LogP contribution in [0.4, 0.5) is 4.79 Å². The van der Waals surface area contributed by atoms with Crippen molar-refractivity contribution < 1.29 is 24.2 Å². The minimum atomic E-state index is -0.990. The van der Waals surface area contributed by atoms with E-state index in [1.165, 1.54) is 0 Å². The van der Waals surface area contributed by atoms with Gasteiger partial charge in [0.2, 0.25) is 6.79 Å². The fourth-order valence-corrected chi connectivity index (χ4v) is 2.24. The van der Waals surface area contributed by atoms with Crippen LogP contribution < -0.4 is 20.1 Å². The first kappa shape index (κ1) is 13.5. The molecule has 2 amide bonds. The molecule has 7 nitrogen and oxygen atoms in total. The quantitative estimate of drug-likeness (QED) is 0.754. The van der Waals surface area contributed by atoms with Crippen molar-refractivity contribution in [2.75, 3.05) is 6.79 Å². The van der Waals surface area contributed by atoms with Crippen molar-refractivity contribution in [2.45, 2.75) is 25.4 Å². The highest BCUT2D eigenvalue weighted by atomic mass is 16.7. The van der Waals surface area contributed by atoms with E-state index in [1.54, 1.807) is 12.1 Å². The molecule has 1 saturated carbocycles. The standard InChI is InChI=1S/C14H16N2O5/c17-13(18)12(9-2-3-9)16-14(19)15-6-8-1-4-10-11(5-8)21-7-20-10/h1,4-5,9,12H,2-3,6-7H2,(H,17,18)(H2,15,16,19). The summed E-state index contributed by atoms with van der Waals surface area (Å²) in [7, 11) is 0. The van der Waals surface area contributed by atoms with Gasteiger partial charge in [-0.1, -0.05) is 6.07 Å². The van der Waals surface area contributed by atoms with E-state index in [0.29, 0.717) is 18.0 Å². The Morgan fingerprint density at radius 2 is 2.05 bits per heavy atom. The molecule has 1 aliphatic heterocycles. The summed E-state index contributed by atoms with van der Waals surface area (Å²) in [4.78, 5) is 22.8. The predicted octanol–water partition coefficient (Wildman–Crippen LogP) is 1.08. The van der Waals surface area contributed by atoms with Crippen molar-refractivity contribution in [1.29, 1.82) is 0 Å². The molecular formula is C14H16N2O5. The molecule has 0 spiro atoms. The molecule has 0 saturated heterocycles. The van der Waals surface area contributed by atoms with Crippen molar-refractivity contribution >= 4 is 12.0 Å². The zero-order valence-electron chi connectivity index (χ0n) is 11.3. The largest absolute Gasteiger partial charge is 0.480 e. The molecule has 7 heteroatoms. The predicted molar refractivity (Wildman–Crippen MR) is 72.1 cm³/mol. The number of fused-ring (bicyclic) bond motifs is 1. The minimum Gasteiger partial charge on any atom is -0.480 e. The molecule has 21 heavy (non-hydrogen) atoms. The van der Waals surface area contributed by atoms with Gasteiger partial charge in [-0.3, -0.25) is 0 Å². The number of carboxylic acids is 1. The Labute approximate surface area is 121 Å². The molecule has 1 heterocycles. The van der Waals surface area contributed by atoms with Crippen LogP contribution in [-0.2, 0) is 11.3 Å². The first-order valence-electron chi connectivity index (χ1n) is 6.79. The van der Waals surface area contributed by atoms with Crippen LogP contribution in [0.5, 0.6) is 11.5 Å². The van der Waals surface area contributed by atoms with Gasteiger partial charge in [0.05, 0.1) is 0 Å². The van der Waals surface area contributed by atoms with Gasteiger partial charge in [0.1, 0.15) is 6.04 Å². The molecule has 3 N–H and O–H groups in total. The lowest BCUT2D eigenvalue weighted by Gasteiger charge is -2.14. The maximum Gasteiger partial charge on any atom is 0.326 e. The van der Waals surface area contributed by atoms with Crippen LogP contribution in [0.2, 0.25) is 0 Å². The summed E-state index contributed by atoms with van der Waals surface area (Å²) >= 11 is 0. The summed E-state index contributed by atoms with van der Waals surface area (Å²) in [6, 6.07) is 4.11. The molecule has 1 aliphatic carbocycles. The van der Waals surface area contributed by atoms with Crippen molar-refractivity contribution in [1.82, 2.24) is 10.6 Å². The van der Waals surface area contributed by atoms with Gasteiger partial charge in [-0.25, -0.2) is 9.59 Å². The lowest BCUT2D eigenvalue weighted by molar-refractivity contribution is -0.139. The van der Waals surface area contributed by atoms with E-state index in [9.17, 15) is 9.59 Å². The smallest absolute Gasteiger partial charge is 0.326 e. The Morgan fingerprint density at radius 3 is 2.76 bits per heavy atom. The maximum absolute atomic E-state index is 11.8. The van der Waals surface area contributed by atoms with Gasteiger partial charge < -0.3 is 25.2 Å². The van der Waals surface area contributed by atoms with Gasteiger partial charge in [-0.15, -0.1) is 0 Å². The van der Waals surface area contributed by atoms with Crippen molar-refractivity contribution in [3.63, 3.8) is 0 Å². The number of amides is 2. The Bertz CT molecular complexity index is 570. The second kappa shape index (κ2) is 5.51. The van der Waals surface area contributed by atoms with E-state index >= 15 is 0 Å². The van der Waals surface area contributed by atoms with Crippen LogP contribution in [0, 0.1) is 5.92 Å². The van der Waals surface area contributed by atoms with E-state index in [-0.39, 0.29) is 12.7 Å². The molecule has 1 aromatic carbocycles. The zero-order chi connectivity index (χ0) is 14.8. The molecule has 1 atom stereocenters. The minimum absolute atomic E-state index is 0.0544. The highest BCUT2D eigenvalue weighted by molar-refractivity contribution is 5.83. The van der Waals surface area contributed by atoms with Gasteiger partial charge in [-0.05, 0) is 36.5 Å². The van der Waals surface area contributed by atoms with Crippen LogP contribution in [-0.4, -0.2) is 29.9 Å². The van der Waals surface area contributed by atoms with E-state index in [4.69, 9.17) is 14.6 Å². The first-order valence-corrected chi connectivity index (χ1v) is 6.79. The highest BCUT2D eigenvalue weighted by Gasteiger charge is 2.37. The summed E-state index contributed by atoms with van der Waals surface area (Å²) < 4.78 is 10.5. The van der Waals surface area contributed by atoms with Crippen LogP contribution >= 0.6 is 0 Å². The molecular weight excluding hydrogens is 276 g/mol. The number of hydrogen-bond donors (Lipinski definition) is 3. The van der Waals surface area contributed by atoms with Gasteiger partial charge in [0.15, 0.2) is 11.5 Å². The molecule has 0 aromatic heterocycles. The monoisotopic (exact) mass is 292 g/mol. The normalized spacial score (nSPS) is 17.1. The fourth-order valence-electron chi connectivity index (χ4n) is 2.24. The van der Waals surface area contributed by atoms with E-state index in [2.05, 4.69) is 10.6 Å². The number of aliphatic carboxylic acids is 1. The van der Waals surface area contributed by atoms with E-state index in [0.717, 1.165) is 18.4 Å². The van der Waals surface area contributed by atoms with Crippen LogP contribution in [0.1, 0.15) is 18.4 Å². The average Bonchev–Trinajstić information content (AvgIpc) is 3.19. The van der Waals surface area contributed by atoms with E-state index < -0.39 is 18.0 Å². The topological polar surface area (TPSA) is 96.9 Å². The maximum atomic E-state index is 11.8. The summed E-state index contributed by atoms with van der Waals surface area (Å²) in [6.45, 7) is 0.494. The summed E-state index contributed by atoms with van der Waals surface area (Å²) in [5, 5.41) is 14.2. The summed E-state index contributed by atoms with van der Waals surface area (Å²) in [6.07, 6.45) is 1.69. The molecule has 0 bridgehead atoms. The van der Waals surface area contributed by atoms with Crippen molar-refractivity contribution in [3.8, 4) is 11.5 Å². The van der Waals surface area contributed by atoms with Crippen molar-refractivity contribution in [2.24, 2.45) is 5.92 Å².